The molecule has 1 amide bonds. The molecule has 1 aromatic carbocycles. The van der Waals surface area contributed by atoms with Crippen molar-refractivity contribution >= 4 is 27.5 Å². The number of aromatic nitrogens is 2. The van der Waals surface area contributed by atoms with E-state index in [2.05, 4.69) is 9.97 Å². The number of carbonyl (C=O) groups excluding carboxylic acids is 1. The Morgan fingerprint density at radius 2 is 2.04 bits per heavy atom. The number of hydrogen-bond acceptors (Lipinski definition) is 5. The smallest absolute Gasteiger partial charge is 0.268 e. The molecule has 3 rings (SSSR count). The van der Waals surface area contributed by atoms with Gasteiger partial charge in [0, 0.05) is 7.05 Å². The van der Waals surface area contributed by atoms with Crippen molar-refractivity contribution in [2.45, 2.75) is 19.9 Å². The van der Waals surface area contributed by atoms with Gasteiger partial charge in [0.25, 0.3) is 5.56 Å². The molecule has 1 N–H and O–H groups in total. The number of ether oxygens (including phenoxy) is 1. The van der Waals surface area contributed by atoms with Gasteiger partial charge in [0.05, 0.1) is 25.1 Å². The molecule has 2 aromatic heterocycles. The number of aromatic amines is 1. The van der Waals surface area contributed by atoms with Crippen LogP contribution in [0.1, 0.15) is 18.3 Å². The van der Waals surface area contributed by atoms with Crippen molar-refractivity contribution in [1.82, 2.24) is 14.9 Å². The SMILES string of the molecule is CCOc1ccc(CC(=O)N(C)Cc2nc3ccsc3c(=O)[nH]2)cc1. The number of hydrogen-bond donors (Lipinski definition) is 1. The Bertz CT molecular complexity index is 931. The first-order valence-electron chi connectivity index (χ1n) is 7.99. The molecule has 0 spiro atoms. The molecule has 6 nitrogen and oxygen atoms in total. The highest BCUT2D eigenvalue weighted by atomic mass is 32.1. The highest BCUT2D eigenvalue weighted by Gasteiger charge is 2.13. The lowest BCUT2D eigenvalue weighted by Crippen LogP contribution is -2.29. The summed E-state index contributed by atoms with van der Waals surface area (Å²) in [6.45, 7) is 2.80. The molecule has 25 heavy (non-hydrogen) atoms. The highest BCUT2D eigenvalue weighted by Crippen LogP contribution is 2.15. The van der Waals surface area contributed by atoms with E-state index >= 15 is 0 Å². The lowest BCUT2D eigenvalue weighted by molar-refractivity contribution is -0.129. The number of carbonyl (C=O) groups is 1. The minimum atomic E-state index is -0.164. The molecule has 0 aliphatic heterocycles. The van der Waals surface area contributed by atoms with E-state index in [0.29, 0.717) is 22.6 Å². The average Bonchev–Trinajstić information content (AvgIpc) is 3.06. The van der Waals surface area contributed by atoms with Crippen LogP contribution in [0, 0.1) is 0 Å². The summed E-state index contributed by atoms with van der Waals surface area (Å²) in [6.07, 6.45) is 0.286. The second kappa shape index (κ2) is 7.48. The Balaban J connectivity index is 1.66. The largest absolute Gasteiger partial charge is 0.494 e. The minimum Gasteiger partial charge on any atom is -0.494 e. The Kier molecular flexibility index (Phi) is 5.14. The summed E-state index contributed by atoms with van der Waals surface area (Å²) in [6, 6.07) is 9.29. The first kappa shape index (κ1) is 17.2. The summed E-state index contributed by atoms with van der Waals surface area (Å²) in [5.74, 6) is 1.23. The number of fused-ring (bicyclic) bond motifs is 1. The van der Waals surface area contributed by atoms with E-state index in [9.17, 15) is 9.59 Å². The zero-order chi connectivity index (χ0) is 17.8. The number of amides is 1. The molecular formula is C18H19N3O3S. The third-order valence-electron chi connectivity index (χ3n) is 3.77. The van der Waals surface area contributed by atoms with Gasteiger partial charge in [-0.2, -0.15) is 0 Å². The minimum absolute atomic E-state index is 0.0442. The maximum atomic E-state index is 12.4. The molecule has 0 aliphatic carbocycles. The van der Waals surface area contributed by atoms with Crippen LogP contribution in [0.4, 0.5) is 0 Å². The normalized spacial score (nSPS) is 10.8. The van der Waals surface area contributed by atoms with E-state index in [4.69, 9.17) is 4.74 Å². The van der Waals surface area contributed by atoms with Crippen LogP contribution >= 0.6 is 11.3 Å². The first-order valence-corrected chi connectivity index (χ1v) is 8.87. The molecule has 0 fully saturated rings. The van der Waals surface area contributed by atoms with Crippen molar-refractivity contribution in [3.05, 3.63) is 57.5 Å². The molecule has 0 bridgehead atoms. The lowest BCUT2D eigenvalue weighted by atomic mass is 10.1. The van der Waals surface area contributed by atoms with Crippen molar-refractivity contribution in [2.24, 2.45) is 0 Å². The zero-order valence-corrected chi connectivity index (χ0v) is 14.9. The van der Waals surface area contributed by atoms with E-state index in [1.807, 2.05) is 36.6 Å². The van der Waals surface area contributed by atoms with E-state index in [1.54, 1.807) is 18.0 Å². The monoisotopic (exact) mass is 357 g/mol. The van der Waals surface area contributed by atoms with Crippen LogP contribution in [0.5, 0.6) is 5.75 Å². The van der Waals surface area contributed by atoms with E-state index in [1.165, 1.54) is 11.3 Å². The van der Waals surface area contributed by atoms with Crippen molar-refractivity contribution in [1.29, 1.82) is 0 Å². The predicted octanol–water partition coefficient (Wildman–Crippen LogP) is 2.58. The van der Waals surface area contributed by atoms with Gasteiger partial charge in [-0.3, -0.25) is 9.59 Å². The molecular weight excluding hydrogens is 338 g/mol. The lowest BCUT2D eigenvalue weighted by Gasteiger charge is -2.16. The number of benzene rings is 1. The molecule has 7 heteroatoms. The van der Waals surface area contributed by atoms with Crippen LogP contribution in [0.2, 0.25) is 0 Å². The Labute approximate surface area is 149 Å². The number of likely N-dealkylation sites (N-methyl/N-ethyl adjacent to an activating group) is 1. The van der Waals surface area contributed by atoms with Crippen LogP contribution in [-0.4, -0.2) is 34.4 Å². The molecule has 0 aliphatic rings. The molecule has 0 saturated heterocycles. The molecule has 0 radical (unpaired) electrons. The second-order valence-corrected chi connectivity index (χ2v) is 6.57. The summed E-state index contributed by atoms with van der Waals surface area (Å²) in [4.78, 5) is 33.1. The van der Waals surface area contributed by atoms with Gasteiger partial charge < -0.3 is 14.6 Å². The fraction of sp³-hybridized carbons (Fsp3) is 0.278. The van der Waals surface area contributed by atoms with Crippen LogP contribution < -0.4 is 10.3 Å². The van der Waals surface area contributed by atoms with Crippen molar-refractivity contribution < 1.29 is 9.53 Å². The molecule has 0 unspecified atom stereocenters. The van der Waals surface area contributed by atoms with Gasteiger partial charge in [-0.15, -0.1) is 11.3 Å². The number of nitrogens with one attached hydrogen (secondary N) is 1. The molecule has 2 heterocycles. The van der Waals surface area contributed by atoms with Crippen molar-refractivity contribution in [2.75, 3.05) is 13.7 Å². The summed E-state index contributed by atoms with van der Waals surface area (Å²) < 4.78 is 6.00. The van der Waals surface area contributed by atoms with Crippen LogP contribution in [0.3, 0.4) is 0 Å². The molecule has 130 valence electrons. The van der Waals surface area contributed by atoms with Gasteiger partial charge in [-0.1, -0.05) is 12.1 Å². The molecule has 0 atom stereocenters. The van der Waals surface area contributed by atoms with Crippen LogP contribution in [0.15, 0.2) is 40.5 Å². The standard InChI is InChI=1S/C18H19N3O3S/c1-3-24-13-6-4-12(5-7-13)10-16(22)21(2)11-15-19-14-8-9-25-17(14)18(23)20-15/h4-9H,3,10-11H2,1-2H3,(H,19,20,23). The number of nitrogens with zero attached hydrogens (tertiary/aromatic N) is 2. The van der Waals surface area contributed by atoms with Gasteiger partial charge in [0.2, 0.25) is 5.91 Å². The maximum absolute atomic E-state index is 12.4. The van der Waals surface area contributed by atoms with Crippen molar-refractivity contribution in [3.63, 3.8) is 0 Å². The fourth-order valence-electron chi connectivity index (χ4n) is 2.49. The maximum Gasteiger partial charge on any atom is 0.268 e. The quantitative estimate of drug-likeness (QED) is 0.736. The predicted molar refractivity (Wildman–Crippen MR) is 98.0 cm³/mol. The molecule has 3 aromatic rings. The topological polar surface area (TPSA) is 75.3 Å². The summed E-state index contributed by atoms with van der Waals surface area (Å²) in [7, 11) is 1.70. The van der Waals surface area contributed by atoms with Crippen LogP contribution in [-0.2, 0) is 17.8 Å². The fourth-order valence-corrected chi connectivity index (χ4v) is 3.21. The van der Waals surface area contributed by atoms with Gasteiger partial charge in [0.1, 0.15) is 16.3 Å². The Morgan fingerprint density at radius 1 is 1.28 bits per heavy atom. The third-order valence-corrected chi connectivity index (χ3v) is 4.67. The molecule has 0 saturated carbocycles. The van der Waals surface area contributed by atoms with Crippen LogP contribution in [0.25, 0.3) is 10.2 Å². The average molecular weight is 357 g/mol. The number of H-pyrrole nitrogens is 1. The summed E-state index contributed by atoms with van der Waals surface area (Å²) in [5, 5.41) is 1.83. The highest BCUT2D eigenvalue weighted by molar-refractivity contribution is 7.17. The zero-order valence-electron chi connectivity index (χ0n) is 14.1. The van der Waals surface area contributed by atoms with Gasteiger partial charge in [-0.25, -0.2) is 4.98 Å². The summed E-state index contributed by atoms with van der Waals surface area (Å²) >= 11 is 1.36. The van der Waals surface area contributed by atoms with Gasteiger partial charge >= 0.3 is 0 Å². The number of rotatable bonds is 6. The Morgan fingerprint density at radius 3 is 2.76 bits per heavy atom. The van der Waals surface area contributed by atoms with E-state index in [-0.39, 0.29) is 24.4 Å². The Hall–Kier alpha value is -2.67. The van der Waals surface area contributed by atoms with Gasteiger partial charge in [-0.05, 0) is 36.1 Å². The summed E-state index contributed by atoms with van der Waals surface area (Å²) in [5.41, 5.74) is 1.41. The van der Waals surface area contributed by atoms with E-state index in [0.717, 1.165) is 11.3 Å². The first-order chi connectivity index (χ1) is 12.1. The van der Waals surface area contributed by atoms with Crippen molar-refractivity contribution in [3.8, 4) is 5.75 Å². The third kappa shape index (κ3) is 4.06. The second-order valence-electron chi connectivity index (χ2n) is 5.65. The van der Waals surface area contributed by atoms with E-state index < -0.39 is 0 Å². The number of thiophene rings is 1. The van der Waals surface area contributed by atoms with Gasteiger partial charge in [0.15, 0.2) is 0 Å².